The van der Waals surface area contributed by atoms with E-state index in [9.17, 15) is 0 Å². The van der Waals surface area contributed by atoms with Crippen molar-refractivity contribution in [2.45, 2.75) is 68.9 Å². The van der Waals surface area contributed by atoms with E-state index in [1.165, 1.54) is 83.0 Å². The molecule has 6 heteroatoms. The molecule has 0 fully saturated rings. The summed E-state index contributed by atoms with van der Waals surface area (Å²) in [5, 5.41) is 0. The van der Waals surface area contributed by atoms with Crippen LogP contribution >= 0.6 is 0 Å². The minimum absolute atomic E-state index is 1.02. The van der Waals surface area contributed by atoms with Gasteiger partial charge in [0.15, 0.2) is 0 Å². The average Bonchev–Trinajstić information content (AvgIpc) is 2.25. The second-order valence-corrected chi connectivity index (χ2v) is 6.58. The van der Waals surface area contributed by atoms with E-state index in [4.69, 9.17) is 17.5 Å². The third-order valence-corrected chi connectivity index (χ3v) is 4.39. The molecule has 0 spiro atoms. The fourth-order valence-corrected chi connectivity index (χ4v) is 2.06. The minimum atomic E-state index is -4.67. The monoisotopic (exact) mass is 290 g/mol. The van der Waals surface area contributed by atoms with E-state index in [2.05, 4.69) is 13.8 Å². The number of hydrogen-bond donors (Lipinski definition) is 2. The second kappa shape index (κ2) is 14.3. The normalized spacial score (nSPS) is 12.8. The van der Waals surface area contributed by atoms with Crippen molar-refractivity contribution in [3.63, 3.8) is 0 Å². The SMILES string of the molecule is CCCCCCCCCC(C)[CH2][Na].O=S(=O)(O)O. The van der Waals surface area contributed by atoms with Crippen LogP contribution in [0.1, 0.15) is 65.2 Å². The molecule has 0 radical (unpaired) electrons. The van der Waals surface area contributed by atoms with Gasteiger partial charge in [0, 0.05) is 0 Å². The topological polar surface area (TPSA) is 74.6 Å². The summed E-state index contributed by atoms with van der Waals surface area (Å²) in [5.74, 6) is 1.02. The second-order valence-electron chi connectivity index (χ2n) is 4.87. The molecule has 0 aliphatic heterocycles. The van der Waals surface area contributed by atoms with Crippen LogP contribution in [0.4, 0.5) is 0 Å². The van der Waals surface area contributed by atoms with Crippen molar-refractivity contribution in [3.05, 3.63) is 0 Å². The Bertz CT molecular complexity index is 247. The van der Waals surface area contributed by atoms with Crippen LogP contribution < -0.4 is 0 Å². The first-order valence-electron chi connectivity index (χ1n) is 7.01. The van der Waals surface area contributed by atoms with Gasteiger partial charge >= 0.3 is 113 Å². The van der Waals surface area contributed by atoms with Gasteiger partial charge in [-0.25, -0.2) is 0 Å². The Morgan fingerprint density at radius 3 is 1.78 bits per heavy atom. The van der Waals surface area contributed by atoms with Crippen LogP contribution in [0.25, 0.3) is 0 Å². The van der Waals surface area contributed by atoms with Crippen LogP contribution in [0, 0.1) is 5.92 Å². The molecule has 0 aliphatic rings. The Morgan fingerprint density at radius 2 is 1.39 bits per heavy atom. The summed E-state index contributed by atoms with van der Waals surface area (Å²) in [4.78, 5) is 0. The molecular formula is C12H27NaO4S. The van der Waals surface area contributed by atoms with Gasteiger partial charge in [0.1, 0.15) is 0 Å². The van der Waals surface area contributed by atoms with Gasteiger partial charge in [-0.3, -0.25) is 9.11 Å². The molecule has 4 nitrogen and oxygen atoms in total. The van der Waals surface area contributed by atoms with Crippen molar-refractivity contribution in [1.29, 1.82) is 0 Å². The molecule has 0 heterocycles. The summed E-state index contributed by atoms with van der Waals surface area (Å²) >= 11 is 1.39. The van der Waals surface area contributed by atoms with Gasteiger partial charge in [-0.2, -0.15) is 8.42 Å². The zero-order chi connectivity index (χ0) is 14.4. The van der Waals surface area contributed by atoms with E-state index in [0.29, 0.717) is 0 Å². The maximum absolute atomic E-state index is 8.74. The van der Waals surface area contributed by atoms with E-state index < -0.39 is 10.4 Å². The Hall–Kier alpha value is 0.870. The van der Waals surface area contributed by atoms with Crippen molar-refractivity contribution in [2.24, 2.45) is 5.92 Å². The van der Waals surface area contributed by atoms with Crippen LogP contribution in [0.15, 0.2) is 0 Å². The van der Waals surface area contributed by atoms with Gasteiger partial charge in [-0.15, -0.1) is 0 Å². The fraction of sp³-hybridized carbons (Fsp3) is 1.00. The Labute approximate surface area is 130 Å². The molecule has 2 N–H and O–H groups in total. The Kier molecular flexibility index (Phi) is 16.8. The predicted molar refractivity (Wildman–Crippen MR) is 76.5 cm³/mol. The van der Waals surface area contributed by atoms with E-state index >= 15 is 0 Å². The van der Waals surface area contributed by atoms with Crippen molar-refractivity contribution in [2.75, 3.05) is 0 Å². The minimum Gasteiger partial charge on any atom is -0.264 e. The first-order chi connectivity index (χ1) is 8.31. The van der Waals surface area contributed by atoms with Crippen molar-refractivity contribution >= 4 is 38.3 Å². The molecule has 1 unspecified atom stereocenters. The smallest absolute Gasteiger partial charge is 0.264 e. The summed E-state index contributed by atoms with van der Waals surface area (Å²) in [5.41, 5.74) is 0. The molecule has 0 aromatic carbocycles. The summed E-state index contributed by atoms with van der Waals surface area (Å²) in [6.45, 7) is 4.69. The number of rotatable bonds is 9. The summed E-state index contributed by atoms with van der Waals surface area (Å²) < 4.78 is 33.1. The molecule has 0 saturated heterocycles. The van der Waals surface area contributed by atoms with Crippen LogP contribution in [-0.4, -0.2) is 45.5 Å². The molecule has 0 bridgehead atoms. The first-order valence-corrected chi connectivity index (χ1v) is 9.82. The molecule has 0 aromatic heterocycles. The molecule has 0 aliphatic carbocycles. The molecular weight excluding hydrogens is 263 g/mol. The zero-order valence-electron chi connectivity index (χ0n) is 12.1. The van der Waals surface area contributed by atoms with E-state index in [1.54, 1.807) is 0 Å². The van der Waals surface area contributed by atoms with Crippen LogP contribution in [0.2, 0.25) is 3.67 Å². The fourth-order valence-electron chi connectivity index (χ4n) is 1.65. The number of unbranched alkanes of at least 4 members (excludes halogenated alkanes) is 6. The molecule has 0 aromatic rings. The molecule has 0 rings (SSSR count). The van der Waals surface area contributed by atoms with Gasteiger partial charge in [0.05, 0.1) is 0 Å². The van der Waals surface area contributed by atoms with Gasteiger partial charge < -0.3 is 0 Å². The third-order valence-electron chi connectivity index (χ3n) is 3.00. The zero-order valence-corrected chi connectivity index (χ0v) is 14.9. The van der Waals surface area contributed by atoms with E-state index in [1.807, 2.05) is 0 Å². The standard InChI is InChI=1S/C12H25.Na.H2O4S/c1-4-5-6-7-8-9-10-11-12(2)3;;1-5(2,3)4/h12H,2,4-11H2,1,3H3;;(H2,1,2,3,4). The largest absolute Gasteiger partial charge is 0.394 e. The van der Waals surface area contributed by atoms with Gasteiger partial charge in [0.2, 0.25) is 0 Å². The van der Waals surface area contributed by atoms with Crippen LogP contribution in [0.5, 0.6) is 0 Å². The maximum Gasteiger partial charge on any atom is 0.394 e. The molecule has 106 valence electrons. The molecule has 0 saturated carbocycles. The predicted octanol–water partition coefficient (Wildman–Crippen LogP) is 3.70. The van der Waals surface area contributed by atoms with E-state index in [0.717, 1.165) is 5.92 Å². The van der Waals surface area contributed by atoms with E-state index in [-0.39, 0.29) is 0 Å². The van der Waals surface area contributed by atoms with Crippen molar-refractivity contribution in [1.82, 2.24) is 0 Å². The van der Waals surface area contributed by atoms with Gasteiger partial charge in [0.25, 0.3) is 0 Å². The maximum atomic E-state index is 8.74. The summed E-state index contributed by atoms with van der Waals surface area (Å²) in [7, 11) is -4.67. The molecule has 1 atom stereocenters. The third kappa shape index (κ3) is 30.2. The summed E-state index contributed by atoms with van der Waals surface area (Å²) in [6.07, 6.45) is 11.7. The van der Waals surface area contributed by atoms with Crippen molar-refractivity contribution < 1.29 is 17.5 Å². The number of hydrogen-bond acceptors (Lipinski definition) is 2. The van der Waals surface area contributed by atoms with Gasteiger partial charge in [-0.1, -0.05) is 0 Å². The van der Waals surface area contributed by atoms with Crippen molar-refractivity contribution in [3.8, 4) is 0 Å². The first kappa shape index (κ1) is 21.2. The quantitative estimate of drug-likeness (QED) is 0.386. The molecule has 0 amide bonds. The Morgan fingerprint density at radius 1 is 1.00 bits per heavy atom. The van der Waals surface area contributed by atoms with Crippen LogP contribution in [0.3, 0.4) is 0 Å². The van der Waals surface area contributed by atoms with Gasteiger partial charge in [-0.05, 0) is 0 Å². The average molecular weight is 290 g/mol. The molecule has 18 heavy (non-hydrogen) atoms. The summed E-state index contributed by atoms with van der Waals surface area (Å²) in [6, 6.07) is 0. The Balaban J connectivity index is 0. The van der Waals surface area contributed by atoms with Crippen LogP contribution in [-0.2, 0) is 10.4 Å².